The van der Waals surface area contributed by atoms with Crippen LogP contribution in [0.4, 0.5) is 10.1 Å². The summed E-state index contributed by atoms with van der Waals surface area (Å²) in [4.78, 5) is 13.8. The molecule has 0 radical (unpaired) electrons. The third-order valence-electron chi connectivity index (χ3n) is 2.70. The minimum Gasteiger partial charge on any atom is -0.322 e. The number of likely N-dealkylation sites (N-methyl/N-ethyl adjacent to an activating group) is 1. The van der Waals surface area contributed by atoms with Gasteiger partial charge in [0.05, 0.1) is 12.2 Å². The number of carbonyl (C=O) groups excluding carboxylic acids is 1. The summed E-state index contributed by atoms with van der Waals surface area (Å²) >= 11 is 0. The lowest BCUT2D eigenvalue weighted by Gasteiger charge is -2.19. The van der Waals surface area contributed by atoms with Gasteiger partial charge in [-0.25, -0.2) is 4.39 Å². The molecule has 0 saturated carbocycles. The molecule has 4 heteroatoms. The van der Waals surface area contributed by atoms with Gasteiger partial charge in [-0.1, -0.05) is 25.1 Å². The number of halogens is 1. The summed E-state index contributed by atoms with van der Waals surface area (Å²) in [5, 5.41) is 2.60. The Kier molecular flexibility index (Phi) is 5.70. The Morgan fingerprint density at radius 2 is 2.11 bits per heavy atom. The van der Waals surface area contributed by atoms with E-state index in [2.05, 4.69) is 11.9 Å². The number of anilines is 1. The van der Waals surface area contributed by atoms with E-state index in [1.54, 1.807) is 12.1 Å². The number of hydrogen-bond donors (Lipinski definition) is 1. The molecule has 1 aromatic carbocycles. The molecule has 0 aliphatic heterocycles. The minimum atomic E-state index is -0.415. The van der Waals surface area contributed by atoms with Gasteiger partial charge in [-0.3, -0.25) is 9.69 Å². The lowest BCUT2D eigenvalue weighted by atomic mass is 10.2. The molecule has 1 amide bonds. The molecule has 1 aromatic rings. The molecule has 1 rings (SSSR count). The molecule has 0 heterocycles. The quantitative estimate of drug-likeness (QED) is 0.801. The van der Waals surface area contributed by atoms with Crippen molar-refractivity contribution >= 4 is 11.6 Å². The van der Waals surface area contributed by atoms with Crippen LogP contribution in [-0.4, -0.2) is 30.4 Å². The molecule has 3 nitrogen and oxygen atoms in total. The number of hydrogen-bond acceptors (Lipinski definition) is 2. The molecule has 0 aliphatic carbocycles. The zero-order valence-corrected chi connectivity index (χ0v) is 11.8. The average molecular weight is 264 g/mol. The van der Waals surface area contributed by atoms with Crippen LogP contribution in [0, 0.1) is 12.7 Å². The van der Waals surface area contributed by atoms with Crippen molar-refractivity contribution in [3.8, 4) is 0 Å². The van der Waals surface area contributed by atoms with E-state index in [1.807, 2.05) is 25.7 Å². The van der Waals surface area contributed by atoms with Gasteiger partial charge in [-0.15, -0.1) is 0 Å². The number of carbonyl (C=O) groups is 1. The predicted molar refractivity (Wildman–Crippen MR) is 76.7 cm³/mol. The van der Waals surface area contributed by atoms with Crippen molar-refractivity contribution in [2.45, 2.75) is 20.8 Å². The van der Waals surface area contributed by atoms with Crippen molar-refractivity contribution in [1.82, 2.24) is 4.90 Å². The van der Waals surface area contributed by atoms with Gasteiger partial charge in [0.2, 0.25) is 5.91 Å². The highest BCUT2D eigenvalue weighted by atomic mass is 19.1. The van der Waals surface area contributed by atoms with Crippen LogP contribution < -0.4 is 5.32 Å². The van der Waals surface area contributed by atoms with E-state index in [0.717, 1.165) is 17.7 Å². The number of nitrogens with one attached hydrogen (secondary N) is 1. The van der Waals surface area contributed by atoms with E-state index in [-0.39, 0.29) is 18.1 Å². The SMILES string of the molecule is C=C(C)CN(CC)CC(=O)Nc1cc(C)ccc1F. The summed E-state index contributed by atoms with van der Waals surface area (Å²) in [6, 6.07) is 4.66. The third kappa shape index (κ3) is 5.22. The number of aryl methyl sites for hydroxylation is 1. The highest BCUT2D eigenvalue weighted by Crippen LogP contribution is 2.15. The summed E-state index contributed by atoms with van der Waals surface area (Å²) in [7, 11) is 0. The van der Waals surface area contributed by atoms with Gasteiger partial charge in [0, 0.05) is 6.54 Å². The second-order valence-electron chi connectivity index (χ2n) is 4.79. The smallest absolute Gasteiger partial charge is 0.238 e. The lowest BCUT2D eigenvalue weighted by Crippen LogP contribution is -2.34. The van der Waals surface area contributed by atoms with Crippen LogP contribution in [0.25, 0.3) is 0 Å². The normalized spacial score (nSPS) is 10.6. The maximum atomic E-state index is 13.5. The summed E-state index contributed by atoms with van der Waals surface area (Å²) in [6.45, 7) is 11.2. The maximum Gasteiger partial charge on any atom is 0.238 e. The first kappa shape index (κ1) is 15.4. The molecule has 0 atom stereocenters. The van der Waals surface area contributed by atoms with Crippen LogP contribution in [0.5, 0.6) is 0 Å². The first-order valence-electron chi connectivity index (χ1n) is 6.35. The second kappa shape index (κ2) is 7.04. The second-order valence-corrected chi connectivity index (χ2v) is 4.79. The Morgan fingerprint density at radius 3 is 2.68 bits per heavy atom. The van der Waals surface area contributed by atoms with E-state index >= 15 is 0 Å². The van der Waals surface area contributed by atoms with E-state index in [0.29, 0.717) is 6.54 Å². The topological polar surface area (TPSA) is 32.3 Å². The zero-order chi connectivity index (χ0) is 14.4. The Balaban J connectivity index is 2.63. The monoisotopic (exact) mass is 264 g/mol. The van der Waals surface area contributed by atoms with Crippen molar-refractivity contribution in [3.63, 3.8) is 0 Å². The fraction of sp³-hybridized carbons (Fsp3) is 0.400. The molecule has 0 unspecified atom stereocenters. The number of nitrogens with zero attached hydrogens (tertiary/aromatic N) is 1. The highest BCUT2D eigenvalue weighted by Gasteiger charge is 2.11. The van der Waals surface area contributed by atoms with Crippen LogP contribution in [0.15, 0.2) is 30.4 Å². The summed E-state index contributed by atoms with van der Waals surface area (Å²) < 4.78 is 13.5. The van der Waals surface area contributed by atoms with Gasteiger partial charge < -0.3 is 5.32 Å². The van der Waals surface area contributed by atoms with Gasteiger partial charge in [0.15, 0.2) is 0 Å². The summed E-state index contributed by atoms with van der Waals surface area (Å²) in [5.74, 6) is -0.630. The lowest BCUT2D eigenvalue weighted by molar-refractivity contribution is -0.117. The Labute approximate surface area is 114 Å². The minimum absolute atomic E-state index is 0.215. The van der Waals surface area contributed by atoms with E-state index < -0.39 is 5.82 Å². The molecule has 0 aromatic heterocycles. The van der Waals surface area contributed by atoms with Crippen LogP contribution in [0.3, 0.4) is 0 Å². The molecule has 0 fully saturated rings. The first-order valence-corrected chi connectivity index (χ1v) is 6.35. The van der Waals surface area contributed by atoms with Gasteiger partial charge in [0.1, 0.15) is 5.82 Å². The molecule has 0 aliphatic rings. The fourth-order valence-corrected chi connectivity index (χ4v) is 1.79. The van der Waals surface area contributed by atoms with Gasteiger partial charge >= 0.3 is 0 Å². The number of benzene rings is 1. The van der Waals surface area contributed by atoms with E-state index in [1.165, 1.54) is 6.07 Å². The van der Waals surface area contributed by atoms with Crippen LogP contribution in [0.1, 0.15) is 19.4 Å². The van der Waals surface area contributed by atoms with Crippen molar-refractivity contribution in [3.05, 3.63) is 41.7 Å². The Morgan fingerprint density at radius 1 is 1.42 bits per heavy atom. The van der Waals surface area contributed by atoms with Gasteiger partial charge in [-0.2, -0.15) is 0 Å². The number of rotatable bonds is 6. The predicted octanol–water partition coefficient (Wildman–Crippen LogP) is 2.97. The molecule has 0 bridgehead atoms. The van der Waals surface area contributed by atoms with Crippen LogP contribution >= 0.6 is 0 Å². The molecule has 0 spiro atoms. The standard InChI is InChI=1S/C15H21FN2O/c1-5-18(9-11(2)3)10-15(19)17-14-8-12(4)6-7-13(14)16/h6-8H,2,5,9-10H2,1,3-4H3,(H,17,19). The van der Waals surface area contributed by atoms with Gasteiger partial charge in [0.25, 0.3) is 0 Å². The third-order valence-corrected chi connectivity index (χ3v) is 2.70. The van der Waals surface area contributed by atoms with Crippen molar-refractivity contribution in [2.75, 3.05) is 25.0 Å². The number of amides is 1. The zero-order valence-electron chi connectivity index (χ0n) is 11.8. The Bertz CT molecular complexity index is 471. The van der Waals surface area contributed by atoms with Crippen LogP contribution in [0.2, 0.25) is 0 Å². The molecular formula is C15H21FN2O. The average Bonchev–Trinajstić information content (AvgIpc) is 2.32. The molecule has 104 valence electrons. The highest BCUT2D eigenvalue weighted by molar-refractivity contribution is 5.92. The van der Waals surface area contributed by atoms with E-state index in [4.69, 9.17) is 0 Å². The molecular weight excluding hydrogens is 243 g/mol. The van der Waals surface area contributed by atoms with Crippen molar-refractivity contribution < 1.29 is 9.18 Å². The Hall–Kier alpha value is -1.68. The molecule has 1 N–H and O–H groups in total. The molecule has 0 saturated heterocycles. The van der Waals surface area contributed by atoms with Crippen molar-refractivity contribution in [1.29, 1.82) is 0 Å². The maximum absolute atomic E-state index is 13.5. The first-order chi connectivity index (χ1) is 8.92. The van der Waals surface area contributed by atoms with Crippen molar-refractivity contribution in [2.24, 2.45) is 0 Å². The summed E-state index contributed by atoms with van der Waals surface area (Å²) in [6.07, 6.45) is 0. The van der Waals surface area contributed by atoms with Gasteiger partial charge in [-0.05, 0) is 38.1 Å². The summed E-state index contributed by atoms with van der Waals surface area (Å²) in [5.41, 5.74) is 2.14. The fourth-order valence-electron chi connectivity index (χ4n) is 1.79. The largest absolute Gasteiger partial charge is 0.322 e. The van der Waals surface area contributed by atoms with E-state index in [9.17, 15) is 9.18 Å². The molecule has 19 heavy (non-hydrogen) atoms. The van der Waals surface area contributed by atoms with Crippen LogP contribution in [-0.2, 0) is 4.79 Å².